The highest BCUT2D eigenvalue weighted by Gasteiger charge is 2.25. The molecule has 5 rings (SSSR count). The van der Waals surface area contributed by atoms with Crippen LogP contribution in [0.15, 0.2) is 71.3 Å². The van der Waals surface area contributed by atoms with Gasteiger partial charge in [-0.15, -0.1) is 0 Å². The van der Waals surface area contributed by atoms with Gasteiger partial charge in [-0.25, -0.2) is 4.98 Å². The Kier molecular flexibility index (Phi) is 5.49. The van der Waals surface area contributed by atoms with Crippen LogP contribution >= 0.6 is 11.6 Å². The molecule has 0 N–H and O–H groups in total. The molecule has 2 aromatic carbocycles. The van der Waals surface area contributed by atoms with E-state index in [0.717, 1.165) is 43.0 Å². The second kappa shape index (κ2) is 8.57. The summed E-state index contributed by atoms with van der Waals surface area (Å²) in [5, 5.41) is 0.688. The molecule has 1 aliphatic rings. The molecular weight excluding hydrogens is 412 g/mol. The predicted octanol–water partition coefficient (Wildman–Crippen LogP) is 4.29. The summed E-state index contributed by atoms with van der Waals surface area (Å²) >= 11 is 6.22. The van der Waals surface area contributed by atoms with Gasteiger partial charge in [-0.3, -0.25) is 9.69 Å². The van der Waals surface area contributed by atoms with Crippen LogP contribution < -0.4 is 0 Å². The number of carbonyl (C=O) groups is 1. The average molecular weight is 435 g/mol. The molecule has 1 fully saturated rings. The lowest BCUT2D eigenvalue weighted by Crippen LogP contribution is -2.48. The molecule has 31 heavy (non-hydrogen) atoms. The summed E-state index contributed by atoms with van der Waals surface area (Å²) in [6.45, 7) is 4.41. The largest absolute Gasteiger partial charge is 0.459 e. The molecule has 1 saturated heterocycles. The van der Waals surface area contributed by atoms with Gasteiger partial charge in [0.15, 0.2) is 5.76 Å². The van der Waals surface area contributed by atoms with Crippen molar-refractivity contribution in [1.82, 2.24) is 19.4 Å². The number of aromatic nitrogens is 2. The van der Waals surface area contributed by atoms with E-state index in [4.69, 9.17) is 21.0 Å². The molecule has 0 radical (unpaired) electrons. The lowest BCUT2D eigenvalue weighted by Gasteiger charge is -2.34. The minimum atomic E-state index is -0.0457. The Morgan fingerprint density at radius 1 is 0.968 bits per heavy atom. The van der Waals surface area contributed by atoms with Gasteiger partial charge >= 0.3 is 0 Å². The first kappa shape index (κ1) is 19.8. The van der Waals surface area contributed by atoms with Crippen LogP contribution in [-0.4, -0.2) is 51.4 Å². The number of nitrogens with zero attached hydrogens (tertiary/aromatic N) is 4. The maximum Gasteiger partial charge on any atom is 0.289 e. The Labute approximate surface area is 185 Å². The second-order valence-corrected chi connectivity index (χ2v) is 8.21. The molecule has 6 nitrogen and oxygen atoms in total. The maximum absolute atomic E-state index is 12.5. The molecule has 0 aliphatic carbocycles. The summed E-state index contributed by atoms with van der Waals surface area (Å²) in [5.41, 5.74) is 3.21. The zero-order valence-corrected chi connectivity index (χ0v) is 17.8. The van der Waals surface area contributed by atoms with Crippen LogP contribution in [-0.2, 0) is 13.1 Å². The summed E-state index contributed by atoms with van der Waals surface area (Å²) in [6.07, 6.45) is 1.53. The van der Waals surface area contributed by atoms with E-state index < -0.39 is 0 Å². The normalized spacial score (nSPS) is 14.9. The number of hydrogen-bond acceptors (Lipinski definition) is 4. The third kappa shape index (κ3) is 4.22. The smallest absolute Gasteiger partial charge is 0.289 e. The number of imidazole rings is 1. The minimum absolute atomic E-state index is 0.0457. The molecule has 4 aromatic rings. The highest BCUT2D eigenvalue weighted by atomic mass is 35.5. The van der Waals surface area contributed by atoms with E-state index >= 15 is 0 Å². The molecule has 0 atom stereocenters. The topological polar surface area (TPSA) is 54.5 Å². The zero-order valence-electron chi connectivity index (χ0n) is 17.1. The summed E-state index contributed by atoms with van der Waals surface area (Å²) in [7, 11) is 0. The van der Waals surface area contributed by atoms with E-state index in [2.05, 4.69) is 33.7 Å². The number of hydrogen-bond donors (Lipinski definition) is 0. The number of carbonyl (C=O) groups excluding carboxylic acids is 1. The fourth-order valence-corrected chi connectivity index (χ4v) is 4.25. The van der Waals surface area contributed by atoms with E-state index in [9.17, 15) is 4.79 Å². The molecule has 0 bridgehead atoms. The van der Waals surface area contributed by atoms with Crippen LogP contribution in [0.5, 0.6) is 0 Å². The van der Waals surface area contributed by atoms with Crippen LogP contribution in [0.2, 0.25) is 5.02 Å². The lowest BCUT2D eigenvalue weighted by molar-refractivity contribution is 0.0594. The number of amides is 1. The van der Waals surface area contributed by atoms with Crippen molar-refractivity contribution in [3.05, 3.63) is 89.1 Å². The van der Waals surface area contributed by atoms with Gasteiger partial charge < -0.3 is 13.9 Å². The molecular formula is C24H23ClN4O2. The van der Waals surface area contributed by atoms with E-state index in [1.54, 1.807) is 12.1 Å². The molecule has 7 heteroatoms. The van der Waals surface area contributed by atoms with Gasteiger partial charge in [0.2, 0.25) is 0 Å². The van der Waals surface area contributed by atoms with E-state index in [1.807, 2.05) is 29.2 Å². The summed E-state index contributed by atoms with van der Waals surface area (Å²) in [4.78, 5) is 21.6. The molecule has 0 saturated carbocycles. The molecule has 3 heterocycles. The third-order valence-corrected chi connectivity index (χ3v) is 5.96. The van der Waals surface area contributed by atoms with Crippen molar-refractivity contribution in [3.8, 4) is 0 Å². The fourth-order valence-electron chi connectivity index (χ4n) is 4.08. The summed E-state index contributed by atoms with van der Waals surface area (Å²) < 4.78 is 7.52. The van der Waals surface area contributed by atoms with Crippen molar-refractivity contribution in [2.75, 3.05) is 26.2 Å². The Morgan fingerprint density at radius 3 is 2.52 bits per heavy atom. The Balaban J connectivity index is 1.34. The number of fused-ring (bicyclic) bond motifs is 1. The van der Waals surface area contributed by atoms with Crippen molar-refractivity contribution < 1.29 is 9.21 Å². The van der Waals surface area contributed by atoms with Crippen molar-refractivity contribution >= 4 is 28.5 Å². The van der Waals surface area contributed by atoms with Crippen molar-refractivity contribution in [2.24, 2.45) is 0 Å². The van der Waals surface area contributed by atoms with Gasteiger partial charge in [0.1, 0.15) is 5.82 Å². The summed E-state index contributed by atoms with van der Waals surface area (Å²) in [5.74, 6) is 1.36. The van der Waals surface area contributed by atoms with Crippen LogP contribution in [0.4, 0.5) is 0 Å². The highest BCUT2D eigenvalue weighted by molar-refractivity contribution is 6.31. The van der Waals surface area contributed by atoms with E-state index in [1.165, 1.54) is 11.8 Å². The van der Waals surface area contributed by atoms with Crippen molar-refractivity contribution in [1.29, 1.82) is 0 Å². The average Bonchev–Trinajstić information content (AvgIpc) is 3.43. The number of halogens is 1. The van der Waals surface area contributed by atoms with Crippen LogP contribution in [0.1, 0.15) is 21.9 Å². The van der Waals surface area contributed by atoms with Gasteiger partial charge in [-0.1, -0.05) is 41.9 Å². The van der Waals surface area contributed by atoms with Gasteiger partial charge in [0.25, 0.3) is 5.91 Å². The predicted molar refractivity (Wildman–Crippen MR) is 120 cm³/mol. The Hall–Kier alpha value is -3.09. The van der Waals surface area contributed by atoms with Gasteiger partial charge in [0.05, 0.1) is 23.8 Å². The summed E-state index contributed by atoms with van der Waals surface area (Å²) in [6, 6.07) is 19.7. The van der Waals surface area contributed by atoms with E-state index in [-0.39, 0.29) is 5.91 Å². The fraction of sp³-hybridized carbons (Fsp3) is 0.250. The van der Waals surface area contributed by atoms with Crippen molar-refractivity contribution in [2.45, 2.75) is 13.1 Å². The monoisotopic (exact) mass is 434 g/mol. The van der Waals surface area contributed by atoms with Crippen LogP contribution in [0.3, 0.4) is 0 Å². The zero-order chi connectivity index (χ0) is 21.2. The Bertz CT molecular complexity index is 1180. The Morgan fingerprint density at radius 2 is 1.77 bits per heavy atom. The number of piperazine rings is 1. The molecule has 158 valence electrons. The first-order chi connectivity index (χ1) is 15.2. The van der Waals surface area contributed by atoms with Gasteiger partial charge in [0, 0.05) is 37.7 Å². The van der Waals surface area contributed by atoms with E-state index in [0.29, 0.717) is 23.9 Å². The first-order valence-electron chi connectivity index (χ1n) is 10.4. The lowest BCUT2D eigenvalue weighted by atomic mass is 10.2. The molecule has 2 aromatic heterocycles. The molecule has 0 unspecified atom stereocenters. The maximum atomic E-state index is 12.5. The number of furan rings is 1. The molecule has 1 aliphatic heterocycles. The number of rotatable bonds is 5. The van der Waals surface area contributed by atoms with Crippen LogP contribution in [0, 0.1) is 0 Å². The number of benzene rings is 2. The van der Waals surface area contributed by atoms with Gasteiger partial charge in [-0.05, 0) is 35.9 Å². The van der Waals surface area contributed by atoms with Crippen molar-refractivity contribution in [3.63, 3.8) is 0 Å². The highest BCUT2D eigenvalue weighted by Crippen LogP contribution is 2.23. The standard InChI is InChI=1S/C24H23ClN4O2/c25-19-8-9-21-20(15-19)26-23(29(21)16-18-5-2-1-3-6-18)17-27-10-12-28(13-11-27)24(30)22-7-4-14-31-22/h1-9,14-15H,10-13,16-17H2. The molecule has 0 spiro atoms. The second-order valence-electron chi connectivity index (χ2n) is 7.78. The molecule has 1 amide bonds. The minimum Gasteiger partial charge on any atom is -0.459 e. The third-order valence-electron chi connectivity index (χ3n) is 5.73. The van der Waals surface area contributed by atoms with Crippen LogP contribution in [0.25, 0.3) is 11.0 Å². The van der Waals surface area contributed by atoms with Gasteiger partial charge in [-0.2, -0.15) is 0 Å². The quantitative estimate of drug-likeness (QED) is 0.470. The SMILES string of the molecule is O=C(c1ccco1)N1CCN(Cc2nc3cc(Cl)ccc3n2Cc2ccccc2)CC1. The first-order valence-corrected chi connectivity index (χ1v) is 10.8.